The van der Waals surface area contributed by atoms with Crippen molar-refractivity contribution in [2.75, 3.05) is 13.2 Å². The molecule has 0 aromatic heterocycles. The van der Waals surface area contributed by atoms with Gasteiger partial charge in [0.2, 0.25) is 5.91 Å². The van der Waals surface area contributed by atoms with Gasteiger partial charge in [0, 0.05) is 6.42 Å². The number of carbonyl (C=O) groups excluding carboxylic acids is 3. The minimum absolute atomic E-state index is 0.0317. The van der Waals surface area contributed by atoms with Crippen LogP contribution in [0.5, 0.6) is 0 Å². The molecule has 1 aromatic rings. The maximum absolute atomic E-state index is 12.4. The minimum atomic E-state index is -0.647. The van der Waals surface area contributed by atoms with E-state index in [1.165, 1.54) is 12.8 Å². The number of benzene rings is 1. The first-order chi connectivity index (χ1) is 11.6. The van der Waals surface area contributed by atoms with Crippen LogP contribution in [-0.2, 0) is 14.3 Å². The Morgan fingerprint density at radius 3 is 2.54 bits per heavy atom. The van der Waals surface area contributed by atoms with E-state index < -0.39 is 12.1 Å². The molecule has 24 heavy (non-hydrogen) atoms. The lowest BCUT2D eigenvalue weighted by Gasteiger charge is -2.23. The summed E-state index contributed by atoms with van der Waals surface area (Å²) in [5.74, 6) is 0.0431. The first-order valence-corrected chi connectivity index (χ1v) is 8.45. The van der Waals surface area contributed by atoms with Gasteiger partial charge in [-0.15, -0.1) is 0 Å². The molecule has 3 rings (SSSR count). The van der Waals surface area contributed by atoms with E-state index in [1.54, 1.807) is 0 Å². The summed E-state index contributed by atoms with van der Waals surface area (Å²) in [6, 6.07) is 8.97. The molecule has 0 radical (unpaired) electrons. The van der Waals surface area contributed by atoms with Gasteiger partial charge < -0.3 is 10.1 Å². The number of carbonyl (C=O) groups is 3. The number of imide groups is 1. The monoisotopic (exact) mass is 330 g/mol. The largest absolute Gasteiger partial charge is 0.439 e. The Balaban J connectivity index is 1.68. The molecule has 128 valence electrons. The molecule has 1 aliphatic carbocycles. The van der Waals surface area contributed by atoms with E-state index in [-0.39, 0.29) is 25.0 Å². The van der Waals surface area contributed by atoms with Gasteiger partial charge in [-0.3, -0.25) is 9.59 Å². The maximum Gasteiger partial charge on any atom is 0.417 e. The normalized spacial score (nSPS) is 19.4. The van der Waals surface area contributed by atoms with Gasteiger partial charge in [-0.1, -0.05) is 43.2 Å². The number of amides is 3. The summed E-state index contributed by atoms with van der Waals surface area (Å²) in [6.07, 6.45) is 4.43. The summed E-state index contributed by atoms with van der Waals surface area (Å²) < 4.78 is 4.75. The van der Waals surface area contributed by atoms with E-state index in [9.17, 15) is 14.4 Å². The lowest BCUT2D eigenvalue weighted by molar-refractivity contribution is -0.127. The van der Waals surface area contributed by atoms with Crippen molar-refractivity contribution < 1.29 is 19.1 Å². The van der Waals surface area contributed by atoms with Crippen LogP contribution in [-0.4, -0.2) is 36.0 Å². The van der Waals surface area contributed by atoms with Crippen LogP contribution in [0.25, 0.3) is 0 Å². The van der Waals surface area contributed by atoms with E-state index in [0.717, 1.165) is 23.3 Å². The lowest BCUT2D eigenvalue weighted by atomic mass is 10.0. The number of cyclic esters (lactones) is 1. The van der Waals surface area contributed by atoms with Gasteiger partial charge in [-0.05, 0) is 24.3 Å². The molecule has 2 fully saturated rings. The second kappa shape index (κ2) is 7.47. The average molecular weight is 330 g/mol. The highest BCUT2D eigenvalue weighted by atomic mass is 16.6. The summed E-state index contributed by atoms with van der Waals surface area (Å²) in [4.78, 5) is 36.9. The standard InChI is InChI=1S/C18H22N2O4/c21-16(10-13-6-4-5-7-13)19-15(14-8-2-1-3-9-14)11-20-17(22)12-24-18(20)23/h1-3,8-9,13,15H,4-7,10-12H2,(H,19,21)/t15-/m0/s1. The van der Waals surface area contributed by atoms with Gasteiger partial charge in [-0.25, -0.2) is 9.69 Å². The van der Waals surface area contributed by atoms with Crippen LogP contribution in [0.1, 0.15) is 43.7 Å². The van der Waals surface area contributed by atoms with Crippen molar-refractivity contribution in [2.24, 2.45) is 5.92 Å². The Bertz CT molecular complexity index is 595. The Hall–Kier alpha value is -2.37. The number of hydrogen-bond acceptors (Lipinski definition) is 4. The van der Waals surface area contributed by atoms with Gasteiger partial charge in [0.05, 0.1) is 12.6 Å². The molecule has 6 nitrogen and oxygen atoms in total. The molecule has 2 aliphatic rings. The van der Waals surface area contributed by atoms with Gasteiger partial charge in [-0.2, -0.15) is 0 Å². The van der Waals surface area contributed by atoms with Crippen molar-refractivity contribution >= 4 is 17.9 Å². The van der Waals surface area contributed by atoms with Crippen LogP contribution in [0.15, 0.2) is 30.3 Å². The third-order valence-corrected chi connectivity index (χ3v) is 4.69. The SMILES string of the molecule is O=C(CC1CCCC1)N[C@@H](CN1C(=O)COC1=O)c1ccccc1. The highest BCUT2D eigenvalue weighted by Gasteiger charge is 2.34. The summed E-state index contributed by atoms with van der Waals surface area (Å²) in [7, 11) is 0. The van der Waals surface area contributed by atoms with Crippen LogP contribution in [0, 0.1) is 5.92 Å². The molecule has 6 heteroatoms. The second-order valence-electron chi connectivity index (χ2n) is 6.44. The van der Waals surface area contributed by atoms with E-state index in [1.807, 2.05) is 30.3 Å². The third kappa shape index (κ3) is 3.93. The molecule has 1 aromatic carbocycles. The van der Waals surface area contributed by atoms with E-state index in [4.69, 9.17) is 4.74 Å². The van der Waals surface area contributed by atoms with Crippen molar-refractivity contribution in [3.63, 3.8) is 0 Å². The first-order valence-electron chi connectivity index (χ1n) is 8.45. The molecule has 0 unspecified atom stereocenters. The highest BCUT2D eigenvalue weighted by Crippen LogP contribution is 2.28. The van der Waals surface area contributed by atoms with Crippen LogP contribution < -0.4 is 5.32 Å². The molecule has 0 bridgehead atoms. The molecule has 0 spiro atoms. The summed E-state index contributed by atoms with van der Waals surface area (Å²) in [5, 5.41) is 2.99. The third-order valence-electron chi connectivity index (χ3n) is 4.69. The van der Waals surface area contributed by atoms with Crippen LogP contribution in [0.3, 0.4) is 0 Å². The first kappa shape index (κ1) is 16.5. The molecule has 1 saturated carbocycles. The van der Waals surface area contributed by atoms with E-state index in [2.05, 4.69) is 5.32 Å². The summed E-state index contributed by atoms with van der Waals surface area (Å²) >= 11 is 0. The van der Waals surface area contributed by atoms with Gasteiger partial charge in [0.15, 0.2) is 6.61 Å². The van der Waals surface area contributed by atoms with Gasteiger partial charge in [0.25, 0.3) is 5.91 Å². The number of hydrogen-bond donors (Lipinski definition) is 1. The predicted octanol–water partition coefficient (Wildman–Crippen LogP) is 2.40. The zero-order valence-electron chi connectivity index (χ0n) is 13.6. The fourth-order valence-electron chi connectivity index (χ4n) is 3.39. The van der Waals surface area contributed by atoms with Crippen molar-refractivity contribution in [2.45, 2.75) is 38.1 Å². The summed E-state index contributed by atoms with van der Waals surface area (Å²) in [5.41, 5.74) is 0.866. The zero-order valence-corrected chi connectivity index (χ0v) is 13.6. The van der Waals surface area contributed by atoms with E-state index >= 15 is 0 Å². The molecule has 1 atom stereocenters. The molecule has 1 heterocycles. The smallest absolute Gasteiger partial charge is 0.417 e. The quantitative estimate of drug-likeness (QED) is 0.869. The van der Waals surface area contributed by atoms with E-state index in [0.29, 0.717) is 12.3 Å². The number of rotatable bonds is 6. The molecular weight excluding hydrogens is 308 g/mol. The predicted molar refractivity (Wildman–Crippen MR) is 87.0 cm³/mol. The Morgan fingerprint density at radius 1 is 1.21 bits per heavy atom. The molecule has 3 amide bonds. The fourth-order valence-corrected chi connectivity index (χ4v) is 3.39. The van der Waals surface area contributed by atoms with Gasteiger partial charge in [0.1, 0.15) is 0 Å². The van der Waals surface area contributed by atoms with Crippen molar-refractivity contribution in [3.8, 4) is 0 Å². The average Bonchev–Trinajstić information content (AvgIpc) is 3.20. The van der Waals surface area contributed by atoms with Gasteiger partial charge >= 0.3 is 6.09 Å². The Labute approximate surface area is 141 Å². The lowest BCUT2D eigenvalue weighted by Crippen LogP contribution is -2.40. The van der Waals surface area contributed by atoms with Crippen LogP contribution >= 0.6 is 0 Å². The topological polar surface area (TPSA) is 75.7 Å². The molecular formula is C18H22N2O4. The van der Waals surface area contributed by atoms with Crippen molar-refractivity contribution in [1.82, 2.24) is 10.2 Å². The number of nitrogens with one attached hydrogen (secondary N) is 1. The van der Waals surface area contributed by atoms with Crippen molar-refractivity contribution in [3.05, 3.63) is 35.9 Å². The second-order valence-corrected chi connectivity index (χ2v) is 6.44. The molecule has 1 N–H and O–H groups in total. The minimum Gasteiger partial charge on any atom is -0.439 e. The fraction of sp³-hybridized carbons (Fsp3) is 0.500. The number of nitrogens with zero attached hydrogens (tertiary/aromatic N) is 1. The summed E-state index contributed by atoms with van der Waals surface area (Å²) in [6.45, 7) is -0.131. The molecule has 1 aliphatic heterocycles. The number of ether oxygens (including phenoxy) is 1. The van der Waals surface area contributed by atoms with Crippen molar-refractivity contribution in [1.29, 1.82) is 0 Å². The zero-order chi connectivity index (χ0) is 16.9. The van der Waals surface area contributed by atoms with Crippen LogP contribution in [0.2, 0.25) is 0 Å². The Kier molecular flexibility index (Phi) is 5.13. The molecule has 1 saturated heterocycles. The Morgan fingerprint density at radius 2 is 1.92 bits per heavy atom. The highest BCUT2D eigenvalue weighted by molar-refractivity contribution is 5.97. The maximum atomic E-state index is 12.4. The van der Waals surface area contributed by atoms with Crippen LogP contribution in [0.4, 0.5) is 4.79 Å².